The molecule has 1 unspecified atom stereocenters. The van der Waals surface area contributed by atoms with Gasteiger partial charge in [-0.25, -0.2) is 0 Å². The Balaban J connectivity index is 0.00000702. The molecule has 2 aromatic carbocycles. The van der Waals surface area contributed by atoms with Crippen molar-refractivity contribution in [2.24, 2.45) is 5.73 Å². The first-order valence-corrected chi connectivity index (χ1v) is 18.8. The first-order chi connectivity index (χ1) is 25.1. The molecule has 14 heteroatoms. The van der Waals surface area contributed by atoms with Gasteiger partial charge in [-0.3, -0.25) is 0 Å². The minimum absolute atomic E-state index is 0. The van der Waals surface area contributed by atoms with E-state index in [4.69, 9.17) is 53.8 Å². The average Bonchev–Trinajstić information content (AvgIpc) is 3.14. The molecule has 1 fully saturated rings. The molecule has 306 valence electrons. The lowest BCUT2D eigenvalue weighted by molar-refractivity contribution is -0.933. The summed E-state index contributed by atoms with van der Waals surface area (Å²) in [5, 5.41) is 17.3. The molecule has 1 heterocycles. The molecule has 0 aliphatic carbocycles. The van der Waals surface area contributed by atoms with Gasteiger partial charge in [-0.05, 0) is 61.1 Å². The molecule has 1 atom stereocenters. The molecular formula is C39H66Cl2N2O10. The van der Waals surface area contributed by atoms with Crippen LogP contribution in [0.25, 0.3) is 0 Å². The van der Waals surface area contributed by atoms with Crippen LogP contribution >= 0.6 is 12.4 Å². The van der Waals surface area contributed by atoms with Crippen molar-refractivity contribution >= 4 is 12.4 Å². The second kappa shape index (κ2) is 32.5. The molecule has 0 aromatic heterocycles. The second-order valence-corrected chi connectivity index (χ2v) is 12.9. The molecule has 4 N–H and O–H groups in total. The van der Waals surface area contributed by atoms with E-state index in [1.54, 1.807) is 0 Å². The van der Waals surface area contributed by atoms with Crippen LogP contribution in [0, 0.1) is 0 Å². The Morgan fingerprint density at radius 2 is 0.906 bits per heavy atom. The summed E-state index contributed by atoms with van der Waals surface area (Å²) in [5.41, 5.74) is 9.18. The summed E-state index contributed by atoms with van der Waals surface area (Å²) in [6, 6.07) is 17.2. The number of hydrogen-bond acceptors (Lipinski definition) is 11. The standard InChI is InChI=1S/C39H65N2O10.2ClH/c40-37-6-3-17-41(34-37,15-1-4-35-7-11-38(12-8-35)50-32-30-48-28-26-46-24-22-44-20-18-42)16-2-5-36-9-13-39(14-10-36)51-33-31-49-29-27-47-25-23-45-21-19-43;;/h7-14,37,42-43H,1-6,15-34,40H2;2*1H/q+1;;/p-1. The molecule has 0 spiro atoms. The number of benzene rings is 2. The van der Waals surface area contributed by atoms with Crippen LogP contribution in [0.5, 0.6) is 11.5 Å². The highest BCUT2D eigenvalue weighted by atomic mass is 35.5. The number of hydrogen-bond donors (Lipinski definition) is 3. The zero-order valence-electron chi connectivity index (χ0n) is 31.6. The molecule has 12 nitrogen and oxygen atoms in total. The highest BCUT2D eigenvalue weighted by Crippen LogP contribution is 2.23. The smallest absolute Gasteiger partial charge is 0.119 e. The van der Waals surface area contributed by atoms with E-state index in [9.17, 15) is 0 Å². The molecule has 1 aliphatic rings. The van der Waals surface area contributed by atoms with E-state index in [1.165, 1.54) is 24.1 Å². The molecule has 3 rings (SSSR count). The van der Waals surface area contributed by atoms with E-state index in [0.29, 0.717) is 92.5 Å². The van der Waals surface area contributed by atoms with E-state index < -0.39 is 0 Å². The third-order valence-corrected chi connectivity index (χ3v) is 8.82. The van der Waals surface area contributed by atoms with Gasteiger partial charge in [0.05, 0.1) is 125 Å². The van der Waals surface area contributed by atoms with Crippen molar-refractivity contribution < 1.29 is 65.0 Å². The molecule has 1 aliphatic heterocycles. The quantitative estimate of drug-likeness (QED) is 0.0704. The number of ether oxygens (including phenoxy) is 8. The Hall–Kier alpha value is -1.78. The zero-order chi connectivity index (χ0) is 36.1. The van der Waals surface area contributed by atoms with Crippen LogP contribution in [0.4, 0.5) is 0 Å². The number of rotatable bonds is 32. The third-order valence-electron chi connectivity index (χ3n) is 8.82. The minimum atomic E-state index is 0. The molecule has 0 amide bonds. The highest BCUT2D eigenvalue weighted by Gasteiger charge is 2.32. The van der Waals surface area contributed by atoms with E-state index >= 15 is 0 Å². The van der Waals surface area contributed by atoms with Crippen molar-refractivity contribution in [2.75, 3.05) is 132 Å². The molecule has 0 bridgehead atoms. The first-order valence-electron chi connectivity index (χ1n) is 18.8. The normalized spacial score (nSPS) is 15.0. The van der Waals surface area contributed by atoms with Crippen LogP contribution < -0.4 is 27.6 Å². The van der Waals surface area contributed by atoms with Gasteiger partial charge in [-0.2, -0.15) is 0 Å². The van der Waals surface area contributed by atoms with Crippen molar-refractivity contribution in [1.29, 1.82) is 0 Å². The number of aliphatic hydroxyl groups excluding tert-OH is 2. The molecule has 0 radical (unpaired) electrons. The molecule has 0 saturated carbocycles. The maximum Gasteiger partial charge on any atom is 0.119 e. The van der Waals surface area contributed by atoms with Crippen molar-refractivity contribution in [1.82, 2.24) is 0 Å². The summed E-state index contributed by atoms with van der Waals surface area (Å²) < 4.78 is 45.1. The van der Waals surface area contributed by atoms with Gasteiger partial charge in [-0.1, -0.05) is 24.3 Å². The lowest BCUT2D eigenvalue weighted by Crippen LogP contribution is -3.00. The van der Waals surface area contributed by atoms with Gasteiger partial charge in [0.15, 0.2) is 0 Å². The fraction of sp³-hybridized carbons (Fsp3) is 0.692. The lowest BCUT2D eigenvalue weighted by Gasteiger charge is -2.44. The van der Waals surface area contributed by atoms with Crippen molar-refractivity contribution in [3.8, 4) is 11.5 Å². The van der Waals surface area contributed by atoms with E-state index in [1.807, 2.05) is 0 Å². The Bertz CT molecular complexity index is 1030. The zero-order valence-corrected chi connectivity index (χ0v) is 33.1. The van der Waals surface area contributed by atoms with Gasteiger partial charge in [0.2, 0.25) is 0 Å². The third kappa shape index (κ3) is 23.7. The number of aliphatic hydroxyl groups is 2. The van der Waals surface area contributed by atoms with Crippen LogP contribution in [-0.2, 0) is 41.3 Å². The van der Waals surface area contributed by atoms with Crippen LogP contribution in [0.15, 0.2) is 48.5 Å². The van der Waals surface area contributed by atoms with Crippen LogP contribution in [0.3, 0.4) is 0 Å². The maximum absolute atomic E-state index is 8.67. The monoisotopic (exact) mass is 792 g/mol. The van der Waals surface area contributed by atoms with Gasteiger partial charge in [0.1, 0.15) is 24.7 Å². The molecule has 1 saturated heterocycles. The number of nitrogens with two attached hydrogens (primary N) is 1. The number of piperidine rings is 1. The van der Waals surface area contributed by atoms with Gasteiger partial charge in [0, 0.05) is 12.8 Å². The molecule has 2 aromatic rings. The Labute approximate surface area is 329 Å². The predicted octanol–water partition coefficient (Wildman–Crippen LogP) is 0.458. The van der Waals surface area contributed by atoms with Crippen LogP contribution in [0.1, 0.15) is 36.8 Å². The predicted molar refractivity (Wildman–Crippen MR) is 204 cm³/mol. The van der Waals surface area contributed by atoms with Crippen molar-refractivity contribution in [2.45, 2.75) is 44.6 Å². The summed E-state index contributed by atoms with van der Waals surface area (Å²) in [6.45, 7) is 11.3. The first kappa shape index (κ1) is 49.2. The van der Waals surface area contributed by atoms with E-state index in [-0.39, 0.29) is 44.1 Å². The van der Waals surface area contributed by atoms with E-state index in [2.05, 4.69) is 48.5 Å². The minimum Gasteiger partial charge on any atom is -1.00 e. The van der Waals surface area contributed by atoms with Crippen LogP contribution in [-0.4, -0.2) is 153 Å². The Morgan fingerprint density at radius 1 is 0.547 bits per heavy atom. The Kier molecular flexibility index (Phi) is 30.2. The fourth-order valence-electron chi connectivity index (χ4n) is 6.28. The van der Waals surface area contributed by atoms with E-state index in [0.717, 1.165) is 67.7 Å². The number of aryl methyl sites for hydroxylation is 2. The maximum atomic E-state index is 8.67. The van der Waals surface area contributed by atoms with Gasteiger partial charge in [-0.15, -0.1) is 12.4 Å². The largest absolute Gasteiger partial charge is 1.00 e. The summed E-state index contributed by atoms with van der Waals surface area (Å²) in [4.78, 5) is 0. The number of quaternary nitrogens is 1. The second-order valence-electron chi connectivity index (χ2n) is 12.9. The summed E-state index contributed by atoms with van der Waals surface area (Å²) in [5.74, 6) is 1.71. The fourth-order valence-corrected chi connectivity index (χ4v) is 6.28. The van der Waals surface area contributed by atoms with Crippen molar-refractivity contribution in [3.63, 3.8) is 0 Å². The van der Waals surface area contributed by atoms with Gasteiger partial charge >= 0.3 is 0 Å². The lowest BCUT2D eigenvalue weighted by atomic mass is 10.00. The number of likely N-dealkylation sites (tertiary alicyclic amines) is 1. The number of halogens is 2. The molecule has 53 heavy (non-hydrogen) atoms. The average molecular weight is 794 g/mol. The van der Waals surface area contributed by atoms with Gasteiger partial charge in [0.25, 0.3) is 0 Å². The number of nitrogens with zero attached hydrogens (tertiary/aromatic N) is 1. The SMILES string of the molecule is Cl.NC1CCC[N+](CCCc2ccc(OCCOCCOCCOCCO)cc2)(CCCc2ccc(OCCOCCOCCOCCO)cc2)C1.[Cl-]. The topological polar surface area (TPSA) is 140 Å². The van der Waals surface area contributed by atoms with Gasteiger partial charge < -0.3 is 70.7 Å². The molecular weight excluding hydrogens is 727 g/mol. The summed E-state index contributed by atoms with van der Waals surface area (Å²) in [7, 11) is 0. The van der Waals surface area contributed by atoms with Crippen molar-refractivity contribution in [3.05, 3.63) is 59.7 Å². The summed E-state index contributed by atoms with van der Waals surface area (Å²) >= 11 is 0. The highest BCUT2D eigenvalue weighted by molar-refractivity contribution is 5.85. The summed E-state index contributed by atoms with van der Waals surface area (Å²) in [6.07, 6.45) is 6.70. The Morgan fingerprint density at radius 3 is 1.26 bits per heavy atom. The van der Waals surface area contributed by atoms with Crippen LogP contribution in [0.2, 0.25) is 0 Å².